The van der Waals surface area contributed by atoms with Crippen molar-refractivity contribution in [2.45, 2.75) is 65.0 Å². The lowest BCUT2D eigenvalue weighted by molar-refractivity contribution is -0.123. The predicted octanol–water partition coefficient (Wildman–Crippen LogP) is 3.51. The second-order valence-electron chi connectivity index (χ2n) is 9.05. The molecule has 2 unspecified atom stereocenters. The highest BCUT2D eigenvalue weighted by Crippen LogP contribution is 2.38. The van der Waals surface area contributed by atoms with Crippen LogP contribution in [0.25, 0.3) is 0 Å². The number of aryl methyl sites for hydroxylation is 2. The molecule has 0 aromatic heterocycles. The van der Waals surface area contributed by atoms with Gasteiger partial charge in [0.25, 0.3) is 0 Å². The molecule has 2 aliphatic heterocycles. The molecule has 2 heterocycles. The first-order chi connectivity index (χ1) is 13.0. The molecule has 2 saturated heterocycles. The van der Waals surface area contributed by atoms with Crippen molar-refractivity contribution in [2.75, 3.05) is 31.1 Å². The van der Waals surface area contributed by atoms with E-state index in [-0.39, 0.29) is 5.92 Å². The minimum Gasteiger partial charge on any atom is -0.369 e. The fourth-order valence-corrected chi connectivity index (χ4v) is 5.45. The molecule has 0 bridgehead atoms. The van der Waals surface area contributed by atoms with Crippen LogP contribution >= 0.6 is 0 Å². The summed E-state index contributed by atoms with van der Waals surface area (Å²) in [6.45, 7) is 11.0. The van der Waals surface area contributed by atoms with Crippen LogP contribution in [0.4, 0.5) is 5.69 Å². The number of carbonyl (C=O) groups excluding carboxylic acids is 1. The molecule has 4 atom stereocenters. The predicted molar refractivity (Wildman–Crippen MR) is 111 cm³/mol. The van der Waals surface area contributed by atoms with Crippen LogP contribution in [0.15, 0.2) is 18.2 Å². The van der Waals surface area contributed by atoms with Crippen molar-refractivity contribution in [3.8, 4) is 0 Å². The minimum atomic E-state index is 0.239. The summed E-state index contributed by atoms with van der Waals surface area (Å²) in [4.78, 5) is 17.6. The molecular formula is C23H35N3O. The molecule has 4 heteroatoms. The maximum Gasteiger partial charge on any atom is 0.223 e. The van der Waals surface area contributed by atoms with E-state index in [9.17, 15) is 4.79 Å². The SMILES string of the molecule is Cc1ccc(N2CCN(C(C)CC3C(=O)N[C@@H]4CCCC[C@@H]34)CC2)cc1C. The molecule has 1 aromatic rings. The largest absolute Gasteiger partial charge is 0.369 e. The number of hydrogen-bond donors (Lipinski definition) is 1. The van der Waals surface area contributed by atoms with Crippen molar-refractivity contribution in [3.63, 3.8) is 0 Å². The fourth-order valence-electron chi connectivity index (χ4n) is 5.45. The van der Waals surface area contributed by atoms with Crippen molar-refractivity contribution in [2.24, 2.45) is 11.8 Å². The molecule has 4 rings (SSSR count). The highest BCUT2D eigenvalue weighted by Gasteiger charge is 2.43. The molecule has 3 fully saturated rings. The summed E-state index contributed by atoms with van der Waals surface area (Å²) >= 11 is 0. The quantitative estimate of drug-likeness (QED) is 0.882. The summed E-state index contributed by atoms with van der Waals surface area (Å²) in [7, 11) is 0. The molecule has 0 spiro atoms. The number of amides is 1. The van der Waals surface area contributed by atoms with Crippen LogP contribution in [0.3, 0.4) is 0 Å². The average molecular weight is 370 g/mol. The summed E-state index contributed by atoms with van der Waals surface area (Å²) in [5, 5.41) is 3.29. The Morgan fingerprint density at radius 2 is 1.81 bits per heavy atom. The first-order valence-electron chi connectivity index (χ1n) is 10.9. The van der Waals surface area contributed by atoms with Gasteiger partial charge < -0.3 is 10.2 Å². The van der Waals surface area contributed by atoms with Gasteiger partial charge in [-0.2, -0.15) is 0 Å². The smallest absolute Gasteiger partial charge is 0.223 e. The van der Waals surface area contributed by atoms with Crippen LogP contribution in [0.1, 0.15) is 50.2 Å². The normalized spacial score (nSPS) is 30.1. The van der Waals surface area contributed by atoms with E-state index >= 15 is 0 Å². The van der Waals surface area contributed by atoms with E-state index in [4.69, 9.17) is 0 Å². The summed E-state index contributed by atoms with van der Waals surface area (Å²) < 4.78 is 0. The number of anilines is 1. The van der Waals surface area contributed by atoms with E-state index in [0.29, 0.717) is 23.9 Å². The number of carbonyl (C=O) groups is 1. The Morgan fingerprint density at radius 1 is 1.07 bits per heavy atom. The third kappa shape index (κ3) is 3.87. The van der Waals surface area contributed by atoms with Crippen LogP contribution in [0.5, 0.6) is 0 Å². The Bertz CT molecular complexity index is 680. The van der Waals surface area contributed by atoms with Crippen molar-refractivity contribution >= 4 is 11.6 Å². The van der Waals surface area contributed by atoms with Gasteiger partial charge in [-0.25, -0.2) is 0 Å². The van der Waals surface area contributed by atoms with Gasteiger partial charge in [0.1, 0.15) is 0 Å². The molecule has 1 saturated carbocycles. The molecule has 27 heavy (non-hydrogen) atoms. The van der Waals surface area contributed by atoms with Crippen molar-refractivity contribution in [1.29, 1.82) is 0 Å². The van der Waals surface area contributed by atoms with Gasteiger partial charge in [0.05, 0.1) is 0 Å². The fraction of sp³-hybridized carbons (Fsp3) is 0.696. The number of piperazine rings is 1. The van der Waals surface area contributed by atoms with E-state index in [1.54, 1.807) is 0 Å². The van der Waals surface area contributed by atoms with Gasteiger partial charge in [0.2, 0.25) is 5.91 Å². The Labute approximate surface area is 164 Å². The van der Waals surface area contributed by atoms with Gasteiger partial charge in [-0.1, -0.05) is 18.9 Å². The third-order valence-corrected chi connectivity index (χ3v) is 7.39. The number of nitrogens with one attached hydrogen (secondary N) is 1. The summed E-state index contributed by atoms with van der Waals surface area (Å²) in [5.41, 5.74) is 4.09. The Morgan fingerprint density at radius 3 is 2.56 bits per heavy atom. The molecular weight excluding hydrogens is 334 g/mol. The Kier molecular flexibility index (Phi) is 5.45. The summed E-state index contributed by atoms with van der Waals surface area (Å²) in [5.74, 6) is 1.15. The number of benzene rings is 1. The van der Waals surface area contributed by atoms with Crippen LogP contribution in [-0.4, -0.2) is 49.1 Å². The van der Waals surface area contributed by atoms with Crippen molar-refractivity contribution in [1.82, 2.24) is 10.2 Å². The van der Waals surface area contributed by atoms with Crippen LogP contribution in [-0.2, 0) is 4.79 Å². The zero-order valence-corrected chi connectivity index (χ0v) is 17.2. The average Bonchev–Trinajstić information content (AvgIpc) is 2.99. The van der Waals surface area contributed by atoms with Gasteiger partial charge in [-0.15, -0.1) is 0 Å². The number of nitrogens with zero attached hydrogens (tertiary/aromatic N) is 2. The summed E-state index contributed by atoms with van der Waals surface area (Å²) in [6.07, 6.45) is 6.04. The second kappa shape index (κ2) is 7.83. The van der Waals surface area contributed by atoms with E-state index in [1.165, 1.54) is 42.5 Å². The lowest BCUT2D eigenvalue weighted by Crippen LogP contribution is -2.50. The van der Waals surface area contributed by atoms with Gasteiger partial charge in [-0.3, -0.25) is 9.69 Å². The standard InChI is InChI=1S/C23H35N3O/c1-16-8-9-19(14-17(16)2)26-12-10-25(11-13-26)18(3)15-21-20-6-4-5-7-22(20)24-23(21)27/h8-9,14,18,20-22H,4-7,10-13,15H2,1-3H3,(H,24,27)/t18?,20-,21?,22+/m0/s1. The zero-order valence-electron chi connectivity index (χ0n) is 17.2. The Balaban J connectivity index is 1.32. The third-order valence-electron chi connectivity index (χ3n) is 7.39. The van der Waals surface area contributed by atoms with E-state index in [0.717, 1.165) is 32.6 Å². The number of rotatable bonds is 4. The highest BCUT2D eigenvalue weighted by atomic mass is 16.2. The van der Waals surface area contributed by atoms with E-state index in [1.807, 2.05) is 0 Å². The molecule has 3 aliphatic rings. The zero-order chi connectivity index (χ0) is 19.0. The van der Waals surface area contributed by atoms with Crippen molar-refractivity contribution < 1.29 is 4.79 Å². The molecule has 0 radical (unpaired) electrons. The maximum atomic E-state index is 12.5. The second-order valence-corrected chi connectivity index (χ2v) is 9.05. The molecule has 1 aliphatic carbocycles. The molecule has 1 aromatic carbocycles. The summed E-state index contributed by atoms with van der Waals surface area (Å²) in [6, 6.07) is 7.76. The molecule has 4 nitrogen and oxygen atoms in total. The van der Waals surface area contributed by atoms with Gasteiger partial charge in [0, 0.05) is 49.9 Å². The van der Waals surface area contributed by atoms with Crippen molar-refractivity contribution in [3.05, 3.63) is 29.3 Å². The van der Waals surface area contributed by atoms with Gasteiger partial charge >= 0.3 is 0 Å². The molecule has 1 amide bonds. The number of hydrogen-bond acceptors (Lipinski definition) is 3. The molecule has 1 N–H and O–H groups in total. The minimum absolute atomic E-state index is 0.239. The number of fused-ring (bicyclic) bond motifs is 1. The lowest BCUT2D eigenvalue weighted by Gasteiger charge is -2.40. The topological polar surface area (TPSA) is 35.6 Å². The Hall–Kier alpha value is -1.55. The van der Waals surface area contributed by atoms with E-state index in [2.05, 4.69) is 54.1 Å². The van der Waals surface area contributed by atoms with Crippen LogP contribution in [0.2, 0.25) is 0 Å². The first kappa shape index (κ1) is 18.8. The van der Waals surface area contributed by atoms with E-state index < -0.39 is 0 Å². The lowest BCUT2D eigenvalue weighted by atomic mass is 9.77. The van der Waals surface area contributed by atoms with Gasteiger partial charge in [-0.05, 0) is 69.2 Å². The monoisotopic (exact) mass is 369 g/mol. The van der Waals surface area contributed by atoms with Crippen LogP contribution in [0, 0.1) is 25.7 Å². The highest BCUT2D eigenvalue weighted by molar-refractivity contribution is 5.82. The van der Waals surface area contributed by atoms with Crippen LogP contribution < -0.4 is 10.2 Å². The molecule has 148 valence electrons. The first-order valence-corrected chi connectivity index (χ1v) is 10.9. The van der Waals surface area contributed by atoms with Gasteiger partial charge in [0.15, 0.2) is 0 Å². The maximum absolute atomic E-state index is 12.5.